The molecular formula is C13H16BBrFNO3. The van der Waals surface area contributed by atoms with Crippen molar-refractivity contribution in [1.29, 1.82) is 0 Å². The summed E-state index contributed by atoms with van der Waals surface area (Å²) in [5, 5.41) is 0. The summed E-state index contributed by atoms with van der Waals surface area (Å²) < 4.78 is 25.7. The molecule has 1 N–H and O–H groups in total. The smallest absolute Gasteiger partial charge is 0.398 e. The Labute approximate surface area is 125 Å². The lowest BCUT2D eigenvalue weighted by atomic mass is 9.87. The van der Waals surface area contributed by atoms with Crippen molar-refractivity contribution in [3.8, 4) is 0 Å². The number of H-pyrrole nitrogens is 1. The second-order valence-corrected chi connectivity index (χ2v) is 6.49. The van der Waals surface area contributed by atoms with E-state index in [9.17, 15) is 9.18 Å². The average Bonchev–Trinajstić information content (AvgIpc) is 2.54. The summed E-state index contributed by atoms with van der Waals surface area (Å²) in [5.41, 5.74) is -1.67. The number of aromatic amines is 1. The Morgan fingerprint density at radius 3 is 2.45 bits per heavy atom. The third-order valence-electron chi connectivity index (χ3n) is 3.70. The topological polar surface area (TPSA) is 51.3 Å². The van der Waals surface area contributed by atoms with E-state index < -0.39 is 24.0 Å². The standard InChI is InChI=1S/C13H16BBrFNO3/c1-12(2)13(3,4)20-14(19-12)9(16)7-8-5-6-17-11(18)10(8)15/h5-7H,1-4H3,(H,17,18). The van der Waals surface area contributed by atoms with Crippen LogP contribution in [0, 0.1) is 0 Å². The molecule has 2 rings (SSSR count). The van der Waals surface area contributed by atoms with Crippen LogP contribution in [0.4, 0.5) is 4.39 Å². The van der Waals surface area contributed by atoms with Crippen molar-refractivity contribution in [3.63, 3.8) is 0 Å². The number of hydrogen-bond donors (Lipinski definition) is 1. The zero-order valence-electron chi connectivity index (χ0n) is 11.8. The van der Waals surface area contributed by atoms with Gasteiger partial charge in [-0.2, -0.15) is 0 Å². The van der Waals surface area contributed by atoms with Gasteiger partial charge in [-0.25, -0.2) is 4.39 Å². The summed E-state index contributed by atoms with van der Waals surface area (Å²) in [4.78, 5) is 13.9. The van der Waals surface area contributed by atoms with Crippen LogP contribution in [0.3, 0.4) is 0 Å². The highest BCUT2D eigenvalue weighted by Crippen LogP contribution is 2.39. The first-order valence-corrected chi connectivity index (χ1v) is 7.03. The highest BCUT2D eigenvalue weighted by molar-refractivity contribution is 9.10. The highest BCUT2D eigenvalue weighted by atomic mass is 79.9. The van der Waals surface area contributed by atoms with Crippen molar-refractivity contribution < 1.29 is 13.7 Å². The van der Waals surface area contributed by atoms with Gasteiger partial charge in [0.1, 0.15) is 5.73 Å². The molecule has 0 spiro atoms. The minimum absolute atomic E-state index is 0.270. The summed E-state index contributed by atoms with van der Waals surface area (Å²) in [6.45, 7) is 7.40. The van der Waals surface area contributed by atoms with Gasteiger partial charge in [0, 0.05) is 6.20 Å². The van der Waals surface area contributed by atoms with E-state index in [0.717, 1.165) is 0 Å². The normalized spacial score (nSPS) is 21.3. The van der Waals surface area contributed by atoms with Crippen molar-refractivity contribution in [3.05, 3.63) is 38.4 Å². The van der Waals surface area contributed by atoms with Gasteiger partial charge >= 0.3 is 7.12 Å². The average molecular weight is 344 g/mol. The fourth-order valence-corrected chi connectivity index (χ4v) is 2.12. The third-order valence-corrected chi connectivity index (χ3v) is 4.52. The lowest BCUT2D eigenvalue weighted by Crippen LogP contribution is -2.41. The van der Waals surface area contributed by atoms with Gasteiger partial charge in [-0.1, -0.05) is 0 Å². The van der Waals surface area contributed by atoms with Gasteiger partial charge < -0.3 is 14.3 Å². The molecule has 7 heteroatoms. The number of hydrogen-bond acceptors (Lipinski definition) is 3. The van der Waals surface area contributed by atoms with E-state index in [1.165, 1.54) is 12.3 Å². The molecule has 0 aliphatic carbocycles. The predicted octanol–water partition coefficient (Wildman–Crippen LogP) is 3.08. The van der Waals surface area contributed by atoms with Crippen LogP contribution in [0.1, 0.15) is 33.3 Å². The summed E-state index contributed by atoms with van der Waals surface area (Å²) in [7, 11) is -1.06. The Morgan fingerprint density at radius 1 is 1.35 bits per heavy atom. The van der Waals surface area contributed by atoms with Gasteiger partial charge in [-0.05, 0) is 61.3 Å². The fraction of sp³-hybridized carbons (Fsp3) is 0.462. The van der Waals surface area contributed by atoms with Crippen molar-refractivity contribution in [1.82, 2.24) is 4.98 Å². The molecule has 1 aromatic heterocycles. The minimum atomic E-state index is -1.06. The quantitative estimate of drug-likeness (QED) is 0.839. The molecule has 0 radical (unpaired) electrons. The number of pyridine rings is 1. The highest BCUT2D eigenvalue weighted by Gasteiger charge is 2.53. The second kappa shape index (κ2) is 5.13. The Bertz CT molecular complexity index is 596. The molecule has 1 fully saturated rings. The summed E-state index contributed by atoms with van der Waals surface area (Å²) >= 11 is 3.13. The molecular weight excluding hydrogens is 328 g/mol. The Hall–Kier alpha value is -0.915. The summed E-state index contributed by atoms with van der Waals surface area (Å²) in [6, 6.07) is 1.59. The van der Waals surface area contributed by atoms with Crippen molar-refractivity contribution in [2.75, 3.05) is 0 Å². The van der Waals surface area contributed by atoms with E-state index in [1.54, 1.807) is 6.07 Å². The molecule has 0 saturated carbocycles. The molecule has 1 aromatic rings. The van der Waals surface area contributed by atoms with Gasteiger partial charge in [-0.3, -0.25) is 4.79 Å². The van der Waals surface area contributed by atoms with E-state index in [4.69, 9.17) is 9.31 Å². The lowest BCUT2D eigenvalue weighted by Gasteiger charge is -2.32. The number of aromatic nitrogens is 1. The first-order valence-electron chi connectivity index (χ1n) is 6.24. The van der Waals surface area contributed by atoms with E-state index >= 15 is 0 Å². The first kappa shape index (κ1) is 15.5. The van der Waals surface area contributed by atoms with Gasteiger partial charge in [0.15, 0.2) is 0 Å². The van der Waals surface area contributed by atoms with Crippen molar-refractivity contribution >= 4 is 29.1 Å². The number of rotatable bonds is 2. The molecule has 2 heterocycles. The molecule has 1 aliphatic heterocycles. The molecule has 20 heavy (non-hydrogen) atoms. The van der Waals surface area contributed by atoms with Gasteiger partial charge in [0.05, 0.1) is 15.7 Å². The number of halogens is 2. The van der Waals surface area contributed by atoms with E-state index in [-0.39, 0.29) is 10.0 Å². The monoisotopic (exact) mass is 343 g/mol. The van der Waals surface area contributed by atoms with Crippen LogP contribution in [0.15, 0.2) is 27.3 Å². The van der Waals surface area contributed by atoms with Crippen LogP contribution in [-0.4, -0.2) is 23.3 Å². The van der Waals surface area contributed by atoms with Crippen LogP contribution >= 0.6 is 15.9 Å². The number of nitrogens with one attached hydrogen (secondary N) is 1. The van der Waals surface area contributed by atoms with Crippen molar-refractivity contribution in [2.24, 2.45) is 0 Å². The zero-order chi connectivity index (χ0) is 15.1. The van der Waals surface area contributed by atoms with Gasteiger partial charge in [0.2, 0.25) is 0 Å². The zero-order valence-corrected chi connectivity index (χ0v) is 13.4. The molecule has 0 aromatic carbocycles. The predicted molar refractivity (Wildman–Crippen MR) is 79.9 cm³/mol. The van der Waals surface area contributed by atoms with Crippen LogP contribution in [0.2, 0.25) is 0 Å². The molecule has 0 unspecified atom stereocenters. The van der Waals surface area contributed by atoms with Gasteiger partial charge in [-0.15, -0.1) is 0 Å². The molecule has 0 atom stereocenters. The lowest BCUT2D eigenvalue weighted by molar-refractivity contribution is 0.00578. The third kappa shape index (κ3) is 2.75. The maximum Gasteiger partial charge on any atom is 0.525 e. The molecule has 1 aliphatic rings. The van der Waals surface area contributed by atoms with Crippen LogP contribution in [-0.2, 0) is 9.31 Å². The molecule has 0 bridgehead atoms. The molecule has 108 valence electrons. The molecule has 4 nitrogen and oxygen atoms in total. The fourth-order valence-electron chi connectivity index (χ4n) is 1.76. The Kier molecular flexibility index (Phi) is 3.97. The van der Waals surface area contributed by atoms with E-state index in [0.29, 0.717) is 5.56 Å². The summed E-state index contributed by atoms with van der Waals surface area (Å²) in [6.07, 6.45) is 2.69. The Balaban J connectivity index is 2.29. The maximum absolute atomic E-state index is 14.3. The van der Waals surface area contributed by atoms with Crippen molar-refractivity contribution in [2.45, 2.75) is 38.9 Å². The minimum Gasteiger partial charge on any atom is -0.398 e. The van der Waals surface area contributed by atoms with Crippen LogP contribution < -0.4 is 5.56 Å². The van der Waals surface area contributed by atoms with Crippen LogP contribution in [0.25, 0.3) is 6.08 Å². The van der Waals surface area contributed by atoms with Gasteiger partial charge in [0.25, 0.3) is 5.56 Å². The first-order chi connectivity index (χ1) is 9.14. The second-order valence-electron chi connectivity index (χ2n) is 5.69. The van der Waals surface area contributed by atoms with Crippen LogP contribution in [0.5, 0.6) is 0 Å². The van der Waals surface area contributed by atoms with E-state index in [2.05, 4.69) is 20.9 Å². The molecule has 1 saturated heterocycles. The summed E-state index contributed by atoms with van der Waals surface area (Å²) in [5.74, 6) is 0. The molecule has 0 amide bonds. The maximum atomic E-state index is 14.3. The van der Waals surface area contributed by atoms with E-state index in [1.807, 2.05) is 27.7 Å². The largest absolute Gasteiger partial charge is 0.525 e. The Morgan fingerprint density at radius 2 is 1.90 bits per heavy atom. The SMILES string of the molecule is CC1(C)OB(C(F)=Cc2cc[nH]c(=O)c2Br)OC1(C)C.